The SMILES string of the molecule is CC(=O)Nc1cc(C)c(OCCO)cc1C. The first-order valence-corrected chi connectivity index (χ1v) is 5.17. The Labute approximate surface area is 95.2 Å². The standard InChI is InChI=1S/C12H17NO3/c1-8-7-12(16-5-4-14)9(2)6-11(8)13-10(3)15/h6-7,14H,4-5H2,1-3H3,(H,13,15). The number of nitrogens with one attached hydrogen (secondary N) is 1. The lowest BCUT2D eigenvalue weighted by Crippen LogP contribution is -2.08. The zero-order valence-electron chi connectivity index (χ0n) is 9.83. The lowest BCUT2D eigenvalue weighted by molar-refractivity contribution is -0.114. The lowest BCUT2D eigenvalue weighted by Gasteiger charge is -2.12. The van der Waals surface area contributed by atoms with Crippen LogP contribution in [0.15, 0.2) is 12.1 Å². The second-order valence-electron chi connectivity index (χ2n) is 3.69. The van der Waals surface area contributed by atoms with Crippen LogP contribution in [0.3, 0.4) is 0 Å². The number of anilines is 1. The second kappa shape index (κ2) is 5.51. The van der Waals surface area contributed by atoms with Gasteiger partial charge in [-0.2, -0.15) is 0 Å². The smallest absolute Gasteiger partial charge is 0.221 e. The van der Waals surface area contributed by atoms with Crippen LogP contribution in [0.5, 0.6) is 5.75 Å². The third kappa shape index (κ3) is 3.24. The highest BCUT2D eigenvalue weighted by molar-refractivity contribution is 5.89. The van der Waals surface area contributed by atoms with Crippen molar-refractivity contribution in [2.24, 2.45) is 0 Å². The number of aliphatic hydroxyl groups excluding tert-OH is 1. The van der Waals surface area contributed by atoms with E-state index in [4.69, 9.17) is 9.84 Å². The first kappa shape index (κ1) is 12.5. The van der Waals surface area contributed by atoms with Crippen molar-refractivity contribution in [3.05, 3.63) is 23.3 Å². The van der Waals surface area contributed by atoms with Gasteiger partial charge in [0.1, 0.15) is 12.4 Å². The van der Waals surface area contributed by atoms with Gasteiger partial charge in [-0.05, 0) is 37.1 Å². The molecular formula is C12H17NO3. The van der Waals surface area contributed by atoms with Gasteiger partial charge in [-0.15, -0.1) is 0 Å². The Hall–Kier alpha value is -1.55. The van der Waals surface area contributed by atoms with Gasteiger partial charge in [0.25, 0.3) is 0 Å². The summed E-state index contributed by atoms with van der Waals surface area (Å²) in [6, 6.07) is 3.72. The monoisotopic (exact) mass is 223 g/mol. The van der Waals surface area contributed by atoms with Gasteiger partial charge in [0, 0.05) is 12.6 Å². The Morgan fingerprint density at radius 3 is 2.62 bits per heavy atom. The maximum atomic E-state index is 11.0. The summed E-state index contributed by atoms with van der Waals surface area (Å²) in [6.07, 6.45) is 0. The Morgan fingerprint density at radius 1 is 1.38 bits per heavy atom. The van der Waals surface area contributed by atoms with E-state index in [1.54, 1.807) is 0 Å². The summed E-state index contributed by atoms with van der Waals surface area (Å²) in [6.45, 7) is 5.55. The van der Waals surface area contributed by atoms with Crippen LogP contribution < -0.4 is 10.1 Å². The number of rotatable bonds is 4. The fraction of sp³-hybridized carbons (Fsp3) is 0.417. The topological polar surface area (TPSA) is 58.6 Å². The molecule has 1 aromatic rings. The van der Waals surface area contributed by atoms with Gasteiger partial charge >= 0.3 is 0 Å². The van der Waals surface area contributed by atoms with Gasteiger partial charge in [-0.3, -0.25) is 4.79 Å². The van der Waals surface area contributed by atoms with Crippen LogP contribution in [0, 0.1) is 13.8 Å². The molecule has 0 heterocycles. The number of carbonyl (C=O) groups is 1. The molecule has 4 heteroatoms. The summed E-state index contributed by atoms with van der Waals surface area (Å²) in [7, 11) is 0. The summed E-state index contributed by atoms with van der Waals surface area (Å²) < 4.78 is 5.36. The molecule has 0 radical (unpaired) electrons. The maximum absolute atomic E-state index is 11.0. The predicted molar refractivity (Wildman–Crippen MR) is 62.8 cm³/mol. The van der Waals surface area contributed by atoms with Crippen LogP contribution in [-0.2, 0) is 4.79 Å². The Morgan fingerprint density at radius 2 is 2.06 bits per heavy atom. The number of aliphatic hydroxyl groups is 1. The Bertz CT molecular complexity index is 388. The predicted octanol–water partition coefficient (Wildman–Crippen LogP) is 1.63. The number of carbonyl (C=O) groups excluding carboxylic acids is 1. The fourth-order valence-electron chi connectivity index (χ4n) is 1.43. The van der Waals surface area contributed by atoms with Crippen LogP contribution in [0.2, 0.25) is 0 Å². The van der Waals surface area contributed by atoms with E-state index < -0.39 is 0 Å². The molecule has 88 valence electrons. The van der Waals surface area contributed by atoms with E-state index in [2.05, 4.69) is 5.32 Å². The average molecular weight is 223 g/mol. The molecule has 1 amide bonds. The quantitative estimate of drug-likeness (QED) is 0.815. The minimum Gasteiger partial charge on any atom is -0.491 e. The van der Waals surface area contributed by atoms with E-state index in [0.717, 1.165) is 22.6 Å². The molecule has 0 bridgehead atoms. The van der Waals surface area contributed by atoms with Gasteiger partial charge < -0.3 is 15.2 Å². The average Bonchev–Trinajstić information content (AvgIpc) is 2.20. The van der Waals surface area contributed by atoms with Gasteiger partial charge in [0.2, 0.25) is 5.91 Å². The van der Waals surface area contributed by atoms with Gasteiger partial charge in [-0.1, -0.05) is 0 Å². The molecule has 0 saturated carbocycles. The first-order valence-electron chi connectivity index (χ1n) is 5.17. The van der Waals surface area contributed by atoms with Crippen molar-refractivity contribution in [1.82, 2.24) is 0 Å². The van der Waals surface area contributed by atoms with Gasteiger partial charge in [0.05, 0.1) is 6.61 Å². The van der Waals surface area contributed by atoms with Crippen molar-refractivity contribution in [2.75, 3.05) is 18.5 Å². The summed E-state index contributed by atoms with van der Waals surface area (Å²) >= 11 is 0. The van der Waals surface area contributed by atoms with Crippen molar-refractivity contribution in [2.45, 2.75) is 20.8 Å². The minimum atomic E-state index is -0.0912. The van der Waals surface area contributed by atoms with Crippen LogP contribution in [0.25, 0.3) is 0 Å². The third-order valence-corrected chi connectivity index (χ3v) is 2.18. The molecule has 0 spiro atoms. The molecule has 0 saturated heterocycles. The number of benzene rings is 1. The number of aryl methyl sites for hydroxylation is 2. The van der Waals surface area contributed by atoms with Crippen LogP contribution in [-0.4, -0.2) is 24.2 Å². The van der Waals surface area contributed by atoms with Gasteiger partial charge in [-0.25, -0.2) is 0 Å². The fourth-order valence-corrected chi connectivity index (χ4v) is 1.43. The van der Waals surface area contributed by atoms with Crippen molar-refractivity contribution >= 4 is 11.6 Å². The van der Waals surface area contributed by atoms with E-state index in [0.29, 0.717) is 0 Å². The lowest BCUT2D eigenvalue weighted by atomic mass is 10.1. The molecular weight excluding hydrogens is 206 g/mol. The van der Waals surface area contributed by atoms with Crippen molar-refractivity contribution in [3.8, 4) is 5.75 Å². The minimum absolute atomic E-state index is 0.00800. The highest BCUT2D eigenvalue weighted by atomic mass is 16.5. The van der Waals surface area contributed by atoms with Crippen LogP contribution in [0.1, 0.15) is 18.1 Å². The molecule has 4 nitrogen and oxygen atoms in total. The van der Waals surface area contributed by atoms with E-state index in [9.17, 15) is 4.79 Å². The van der Waals surface area contributed by atoms with Crippen LogP contribution in [0.4, 0.5) is 5.69 Å². The number of hydrogen-bond donors (Lipinski definition) is 2. The number of ether oxygens (including phenoxy) is 1. The van der Waals surface area contributed by atoms with Crippen molar-refractivity contribution < 1.29 is 14.6 Å². The number of hydrogen-bond acceptors (Lipinski definition) is 3. The van der Waals surface area contributed by atoms with E-state index in [-0.39, 0.29) is 19.1 Å². The summed E-state index contributed by atoms with van der Waals surface area (Å²) in [5, 5.41) is 11.4. The first-order chi connectivity index (χ1) is 7.54. The zero-order chi connectivity index (χ0) is 12.1. The van der Waals surface area contributed by atoms with Crippen molar-refractivity contribution in [3.63, 3.8) is 0 Å². The molecule has 0 fully saturated rings. The van der Waals surface area contributed by atoms with E-state index in [1.165, 1.54) is 6.92 Å². The second-order valence-corrected chi connectivity index (χ2v) is 3.69. The molecule has 0 aliphatic heterocycles. The van der Waals surface area contributed by atoms with Crippen LogP contribution >= 0.6 is 0 Å². The molecule has 16 heavy (non-hydrogen) atoms. The molecule has 1 aromatic carbocycles. The van der Waals surface area contributed by atoms with E-state index in [1.807, 2.05) is 26.0 Å². The highest BCUT2D eigenvalue weighted by Gasteiger charge is 2.06. The van der Waals surface area contributed by atoms with E-state index >= 15 is 0 Å². The molecule has 0 unspecified atom stereocenters. The zero-order valence-corrected chi connectivity index (χ0v) is 9.83. The molecule has 1 rings (SSSR count). The van der Waals surface area contributed by atoms with Crippen molar-refractivity contribution in [1.29, 1.82) is 0 Å². The maximum Gasteiger partial charge on any atom is 0.221 e. The molecule has 0 aliphatic rings. The largest absolute Gasteiger partial charge is 0.491 e. The Kier molecular flexibility index (Phi) is 4.31. The molecule has 0 aliphatic carbocycles. The van der Waals surface area contributed by atoms with Gasteiger partial charge in [0.15, 0.2) is 0 Å². The Balaban J connectivity index is 2.92. The normalized spacial score (nSPS) is 10.0. The molecule has 2 N–H and O–H groups in total. The molecule has 0 aromatic heterocycles. The third-order valence-electron chi connectivity index (χ3n) is 2.18. The molecule has 0 atom stereocenters. The highest BCUT2D eigenvalue weighted by Crippen LogP contribution is 2.26. The summed E-state index contributed by atoms with van der Waals surface area (Å²) in [4.78, 5) is 11.0. The number of amides is 1. The summed E-state index contributed by atoms with van der Waals surface area (Å²) in [5.74, 6) is 0.646. The summed E-state index contributed by atoms with van der Waals surface area (Å²) in [5.41, 5.74) is 2.66.